The molecule has 15 heavy (non-hydrogen) atoms. The minimum absolute atomic E-state index is 0.381. The Labute approximate surface area is 89.3 Å². The van der Waals surface area contributed by atoms with Gasteiger partial charge in [0.1, 0.15) is 17.6 Å². The summed E-state index contributed by atoms with van der Waals surface area (Å²) in [7, 11) is 0. The van der Waals surface area contributed by atoms with Gasteiger partial charge in [0, 0.05) is 19.1 Å². The van der Waals surface area contributed by atoms with Gasteiger partial charge in [0.05, 0.1) is 0 Å². The first kappa shape index (κ1) is 9.94. The Hall–Kier alpha value is -1.60. The SMILES string of the molecule is N#Cc1cccc(N2CCCC2CN)n1. The summed E-state index contributed by atoms with van der Waals surface area (Å²) in [5.74, 6) is 0.877. The maximum absolute atomic E-state index is 8.77. The number of hydrogen-bond acceptors (Lipinski definition) is 4. The van der Waals surface area contributed by atoms with E-state index in [1.54, 1.807) is 6.07 Å². The van der Waals surface area contributed by atoms with Crippen LogP contribution in [0, 0.1) is 11.3 Å². The van der Waals surface area contributed by atoms with Crippen LogP contribution < -0.4 is 10.6 Å². The largest absolute Gasteiger partial charge is 0.352 e. The molecule has 0 bridgehead atoms. The zero-order chi connectivity index (χ0) is 10.7. The molecule has 0 saturated carbocycles. The van der Waals surface area contributed by atoms with E-state index in [4.69, 9.17) is 11.0 Å². The number of anilines is 1. The van der Waals surface area contributed by atoms with Crippen LogP contribution in [0.15, 0.2) is 18.2 Å². The molecule has 1 atom stereocenters. The first-order valence-electron chi connectivity index (χ1n) is 5.19. The van der Waals surface area contributed by atoms with Crippen molar-refractivity contribution < 1.29 is 0 Å². The molecule has 0 spiro atoms. The van der Waals surface area contributed by atoms with Gasteiger partial charge in [-0.1, -0.05) is 6.07 Å². The first-order chi connectivity index (χ1) is 7.35. The molecule has 78 valence electrons. The van der Waals surface area contributed by atoms with Gasteiger partial charge >= 0.3 is 0 Å². The van der Waals surface area contributed by atoms with Gasteiger partial charge in [0.15, 0.2) is 0 Å². The highest BCUT2D eigenvalue weighted by molar-refractivity contribution is 5.43. The molecule has 0 radical (unpaired) electrons. The Kier molecular flexibility index (Phi) is 2.84. The third kappa shape index (κ3) is 1.92. The Morgan fingerprint density at radius 1 is 1.60 bits per heavy atom. The van der Waals surface area contributed by atoms with Gasteiger partial charge in [-0.2, -0.15) is 5.26 Å². The second-order valence-corrected chi connectivity index (χ2v) is 3.72. The zero-order valence-corrected chi connectivity index (χ0v) is 8.56. The normalized spacial score (nSPS) is 20.3. The van der Waals surface area contributed by atoms with Crippen molar-refractivity contribution in [2.75, 3.05) is 18.0 Å². The molecule has 1 aromatic heterocycles. The summed E-state index contributed by atoms with van der Waals surface area (Å²) in [6.45, 7) is 1.64. The topological polar surface area (TPSA) is 65.9 Å². The molecule has 0 amide bonds. The number of hydrogen-bond donors (Lipinski definition) is 1. The lowest BCUT2D eigenvalue weighted by Crippen LogP contribution is -2.35. The van der Waals surface area contributed by atoms with E-state index in [9.17, 15) is 0 Å². The highest BCUT2D eigenvalue weighted by Crippen LogP contribution is 2.22. The van der Waals surface area contributed by atoms with Crippen LogP contribution in [0.3, 0.4) is 0 Å². The minimum Gasteiger partial charge on any atom is -0.352 e. The zero-order valence-electron chi connectivity index (χ0n) is 8.56. The van der Waals surface area contributed by atoms with Crippen molar-refractivity contribution in [1.82, 2.24) is 4.98 Å². The second kappa shape index (κ2) is 4.28. The van der Waals surface area contributed by atoms with Crippen LogP contribution in [0.5, 0.6) is 0 Å². The Morgan fingerprint density at radius 2 is 2.47 bits per heavy atom. The van der Waals surface area contributed by atoms with E-state index in [0.29, 0.717) is 18.3 Å². The van der Waals surface area contributed by atoms with Crippen LogP contribution in [0.2, 0.25) is 0 Å². The van der Waals surface area contributed by atoms with Crippen LogP contribution >= 0.6 is 0 Å². The number of rotatable bonds is 2. The Balaban J connectivity index is 2.25. The number of aromatic nitrogens is 1. The highest BCUT2D eigenvalue weighted by Gasteiger charge is 2.24. The van der Waals surface area contributed by atoms with Crippen molar-refractivity contribution in [3.8, 4) is 6.07 Å². The van der Waals surface area contributed by atoms with E-state index < -0.39 is 0 Å². The fourth-order valence-electron chi connectivity index (χ4n) is 2.03. The molecule has 0 aromatic carbocycles. The fourth-order valence-corrected chi connectivity index (χ4v) is 2.03. The van der Waals surface area contributed by atoms with Gasteiger partial charge in [-0.05, 0) is 25.0 Å². The molecule has 1 aliphatic heterocycles. The summed E-state index contributed by atoms with van der Waals surface area (Å²) in [5, 5.41) is 8.77. The van der Waals surface area contributed by atoms with Gasteiger partial charge in [-0.25, -0.2) is 4.98 Å². The van der Waals surface area contributed by atoms with Crippen molar-refractivity contribution in [3.63, 3.8) is 0 Å². The number of nitrogens with two attached hydrogens (primary N) is 1. The van der Waals surface area contributed by atoms with E-state index >= 15 is 0 Å². The summed E-state index contributed by atoms with van der Waals surface area (Å²) < 4.78 is 0. The van der Waals surface area contributed by atoms with Crippen molar-refractivity contribution >= 4 is 5.82 Å². The molecule has 2 heterocycles. The maximum Gasteiger partial charge on any atom is 0.142 e. The van der Waals surface area contributed by atoms with E-state index in [-0.39, 0.29) is 0 Å². The second-order valence-electron chi connectivity index (χ2n) is 3.72. The average molecular weight is 202 g/mol. The van der Waals surface area contributed by atoms with E-state index in [1.807, 2.05) is 12.1 Å². The van der Waals surface area contributed by atoms with Crippen LogP contribution in [0.25, 0.3) is 0 Å². The molecule has 4 heteroatoms. The van der Waals surface area contributed by atoms with Gasteiger partial charge in [-0.15, -0.1) is 0 Å². The number of nitriles is 1. The van der Waals surface area contributed by atoms with Crippen LogP contribution in [-0.2, 0) is 0 Å². The Bertz CT molecular complexity index is 382. The third-order valence-electron chi connectivity index (χ3n) is 2.79. The summed E-state index contributed by atoms with van der Waals surface area (Å²) in [5.41, 5.74) is 6.17. The van der Waals surface area contributed by atoms with Gasteiger partial charge < -0.3 is 10.6 Å². The third-order valence-corrected chi connectivity index (χ3v) is 2.79. The predicted octanol–water partition coefficient (Wildman–Crippen LogP) is 0.881. The maximum atomic E-state index is 8.77. The highest BCUT2D eigenvalue weighted by atomic mass is 15.2. The molecular weight excluding hydrogens is 188 g/mol. The molecule has 1 unspecified atom stereocenters. The molecule has 1 aliphatic rings. The van der Waals surface area contributed by atoms with Gasteiger partial charge in [0.25, 0.3) is 0 Å². The fraction of sp³-hybridized carbons (Fsp3) is 0.455. The predicted molar refractivity (Wildman–Crippen MR) is 58.4 cm³/mol. The number of nitrogens with zero attached hydrogens (tertiary/aromatic N) is 3. The van der Waals surface area contributed by atoms with E-state index in [0.717, 1.165) is 25.2 Å². The summed E-state index contributed by atoms with van der Waals surface area (Å²) in [4.78, 5) is 6.48. The van der Waals surface area contributed by atoms with E-state index in [1.165, 1.54) is 0 Å². The summed E-state index contributed by atoms with van der Waals surface area (Å²) >= 11 is 0. The van der Waals surface area contributed by atoms with Crippen LogP contribution in [-0.4, -0.2) is 24.1 Å². The minimum atomic E-state index is 0.381. The molecular formula is C11H14N4. The lowest BCUT2D eigenvalue weighted by Gasteiger charge is -2.24. The summed E-state index contributed by atoms with van der Waals surface area (Å²) in [6, 6.07) is 7.96. The van der Waals surface area contributed by atoms with E-state index in [2.05, 4.69) is 16.0 Å². The smallest absolute Gasteiger partial charge is 0.142 e. The van der Waals surface area contributed by atoms with Gasteiger partial charge in [0.2, 0.25) is 0 Å². The van der Waals surface area contributed by atoms with Crippen LogP contribution in [0.1, 0.15) is 18.5 Å². The van der Waals surface area contributed by atoms with Crippen LogP contribution in [0.4, 0.5) is 5.82 Å². The molecule has 4 nitrogen and oxygen atoms in total. The van der Waals surface area contributed by atoms with Gasteiger partial charge in [-0.3, -0.25) is 0 Å². The van der Waals surface area contributed by atoms with Crippen molar-refractivity contribution in [2.24, 2.45) is 5.73 Å². The molecule has 1 aromatic rings. The molecule has 2 N–H and O–H groups in total. The standard InChI is InChI=1S/C11H14N4/c12-7-9-3-1-5-11(14-9)15-6-2-4-10(15)8-13/h1,3,5,10H,2,4,6,8,13H2. The monoisotopic (exact) mass is 202 g/mol. The Morgan fingerprint density at radius 3 is 3.20 bits per heavy atom. The molecule has 0 aliphatic carbocycles. The number of pyridine rings is 1. The lowest BCUT2D eigenvalue weighted by atomic mass is 10.2. The van der Waals surface area contributed by atoms with Crippen molar-refractivity contribution in [2.45, 2.75) is 18.9 Å². The molecule has 2 rings (SSSR count). The first-order valence-corrected chi connectivity index (χ1v) is 5.19. The molecule has 1 fully saturated rings. The van der Waals surface area contributed by atoms with Crippen molar-refractivity contribution in [3.05, 3.63) is 23.9 Å². The average Bonchev–Trinajstić information content (AvgIpc) is 2.77. The summed E-state index contributed by atoms with van der Waals surface area (Å²) in [6.07, 6.45) is 2.27. The van der Waals surface area contributed by atoms with Crippen molar-refractivity contribution in [1.29, 1.82) is 5.26 Å². The lowest BCUT2D eigenvalue weighted by molar-refractivity contribution is 0.671. The quantitative estimate of drug-likeness (QED) is 0.773. The molecule has 1 saturated heterocycles.